The topological polar surface area (TPSA) is 100 Å². The predicted molar refractivity (Wildman–Crippen MR) is 93.2 cm³/mol. The minimum absolute atomic E-state index is 0.0342. The van der Waals surface area contributed by atoms with E-state index in [0.29, 0.717) is 17.0 Å². The number of nitrogens with one attached hydrogen (secondary N) is 2. The molecule has 0 heterocycles. The number of amides is 2. The van der Waals surface area contributed by atoms with Crippen LogP contribution in [0.3, 0.4) is 0 Å². The van der Waals surface area contributed by atoms with Crippen LogP contribution >= 0.6 is 15.9 Å². The molecular formula is C16H14BrN3O4. The van der Waals surface area contributed by atoms with E-state index in [-0.39, 0.29) is 5.75 Å². The number of methoxy groups -OCH3 is 1. The summed E-state index contributed by atoms with van der Waals surface area (Å²) in [5.41, 5.74) is 2.90. The van der Waals surface area contributed by atoms with Crippen molar-refractivity contribution in [2.75, 3.05) is 12.4 Å². The number of phenols is 1. The summed E-state index contributed by atoms with van der Waals surface area (Å²) in [5.74, 6) is -1.30. The van der Waals surface area contributed by atoms with Gasteiger partial charge in [-0.3, -0.25) is 9.59 Å². The van der Waals surface area contributed by atoms with Crippen molar-refractivity contribution in [2.45, 2.75) is 0 Å². The van der Waals surface area contributed by atoms with Crippen molar-refractivity contribution < 1.29 is 19.4 Å². The highest BCUT2D eigenvalue weighted by Crippen LogP contribution is 2.20. The molecule has 24 heavy (non-hydrogen) atoms. The molecule has 7 nitrogen and oxygen atoms in total. The molecule has 2 aromatic carbocycles. The second-order valence-corrected chi connectivity index (χ2v) is 5.50. The van der Waals surface area contributed by atoms with Gasteiger partial charge >= 0.3 is 11.8 Å². The van der Waals surface area contributed by atoms with Gasteiger partial charge in [-0.1, -0.05) is 15.9 Å². The number of halogens is 1. The van der Waals surface area contributed by atoms with Crippen LogP contribution in [0.2, 0.25) is 0 Å². The number of carbonyl (C=O) groups is 2. The minimum atomic E-state index is -0.934. The Morgan fingerprint density at radius 1 is 1.17 bits per heavy atom. The van der Waals surface area contributed by atoms with Crippen LogP contribution in [-0.4, -0.2) is 30.2 Å². The normalized spacial score (nSPS) is 10.4. The van der Waals surface area contributed by atoms with Crippen molar-refractivity contribution >= 4 is 39.6 Å². The van der Waals surface area contributed by atoms with Crippen molar-refractivity contribution in [1.82, 2.24) is 5.43 Å². The van der Waals surface area contributed by atoms with Gasteiger partial charge in [-0.15, -0.1) is 0 Å². The number of hydrogen-bond acceptors (Lipinski definition) is 5. The molecule has 0 fully saturated rings. The Balaban J connectivity index is 1.94. The molecule has 0 saturated heterocycles. The number of aromatic hydroxyl groups is 1. The summed E-state index contributed by atoms with van der Waals surface area (Å²) in [6.07, 6.45) is 1.21. The average molecular weight is 392 g/mol. The third-order valence-electron chi connectivity index (χ3n) is 2.91. The maximum atomic E-state index is 11.7. The molecule has 0 bridgehead atoms. The van der Waals surface area contributed by atoms with Crippen LogP contribution in [0, 0.1) is 0 Å². The van der Waals surface area contributed by atoms with Crippen molar-refractivity contribution in [3.8, 4) is 11.5 Å². The summed E-state index contributed by atoms with van der Waals surface area (Å²) in [7, 11) is 1.49. The van der Waals surface area contributed by atoms with Gasteiger partial charge in [-0.05, 0) is 42.5 Å². The van der Waals surface area contributed by atoms with Gasteiger partial charge in [0.2, 0.25) is 0 Å². The first kappa shape index (κ1) is 17.5. The molecule has 0 aromatic heterocycles. The Morgan fingerprint density at radius 2 is 1.88 bits per heavy atom. The summed E-state index contributed by atoms with van der Waals surface area (Å²) < 4.78 is 5.88. The third kappa shape index (κ3) is 4.82. The van der Waals surface area contributed by atoms with Gasteiger partial charge in [0.25, 0.3) is 0 Å². The van der Waals surface area contributed by atoms with E-state index in [1.54, 1.807) is 30.3 Å². The quantitative estimate of drug-likeness (QED) is 0.422. The van der Waals surface area contributed by atoms with Crippen molar-refractivity contribution in [2.24, 2.45) is 5.10 Å². The fourth-order valence-electron chi connectivity index (χ4n) is 1.70. The summed E-state index contributed by atoms with van der Waals surface area (Å²) in [5, 5.41) is 15.8. The number of benzene rings is 2. The smallest absolute Gasteiger partial charge is 0.329 e. The number of phenolic OH excluding ortho intramolecular Hbond substituents is 1. The lowest BCUT2D eigenvalue weighted by Crippen LogP contribution is -2.32. The van der Waals surface area contributed by atoms with Gasteiger partial charge < -0.3 is 15.2 Å². The molecule has 2 rings (SSSR count). The molecule has 124 valence electrons. The van der Waals surface area contributed by atoms with Crippen LogP contribution in [0.25, 0.3) is 0 Å². The van der Waals surface area contributed by atoms with E-state index in [0.717, 1.165) is 4.47 Å². The van der Waals surface area contributed by atoms with Crippen LogP contribution in [-0.2, 0) is 9.59 Å². The maximum Gasteiger partial charge on any atom is 0.329 e. The van der Waals surface area contributed by atoms with Gasteiger partial charge in [0.15, 0.2) is 0 Å². The molecule has 0 unspecified atom stereocenters. The monoisotopic (exact) mass is 391 g/mol. The number of hydrogen-bond donors (Lipinski definition) is 3. The Kier molecular flexibility index (Phi) is 5.91. The lowest BCUT2D eigenvalue weighted by Gasteiger charge is -2.04. The molecule has 3 N–H and O–H groups in total. The molecule has 0 saturated carbocycles. The molecule has 0 atom stereocenters. The summed E-state index contributed by atoms with van der Waals surface area (Å²) in [4.78, 5) is 23.4. The molecule has 8 heteroatoms. The van der Waals surface area contributed by atoms with Crippen LogP contribution in [0.4, 0.5) is 5.69 Å². The number of nitrogens with zero attached hydrogens (tertiary/aromatic N) is 1. The average Bonchev–Trinajstić information content (AvgIpc) is 2.58. The van der Waals surface area contributed by atoms with E-state index < -0.39 is 11.8 Å². The lowest BCUT2D eigenvalue weighted by atomic mass is 10.2. The molecule has 0 aliphatic carbocycles. The number of carbonyl (C=O) groups excluding carboxylic acids is 2. The molecular weight excluding hydrogens is 378 g/mol. The van der Waals surface area contributed by atoms with Gasteiger partial charge in [0.05, 0.1) is 13.3 Å². The minimum Gasteiger partial charge on any atom is -0.507 e. The van der Waals surface area contributed by atoms with Gasteiger partial charge in [-0.2, -0.15) is 5.10 Å². The molecule has 0 aliphatic rings. The second kappa shape index (κ2) is 8.11. The van der Waals surface area contributed by atoms with Crippen LogP contribution in [0.15, 0.2) is 52.0 Å². The largest absolute Gasteiger partial charge is 0.507 e. The van der Waals surface area contributed by atoms with Gasteiger partial charge in [0, 0.05) is 15.7 Å². The zero-order valence-electron chi connectivity index (χ0n) is 12.6. The number of hydrazone groups is 1. The molecule has 2 amide bonds. The van der Waals surface area contributed by atoms with Gasteiger partial charge in [-0.25, -0.2) is 5.43 Å². The third-order valence-corrected chi connectivity index (χ3v) is 3.44. The Bertz CT molecular complexity index is 775. The highest BCUT2D eigenvalue weighted by atomic mass is 79.9. The van der Waals surface area contributed by atoms with Crippen LogP contribution in [0.1, 0.15) is 5.56 Å². The summed E-state index contributed by atoms with van der Waals surface area (Å²) in [6, 6.07) is 11.3. The molecule has 0 spiro atoms. The van der Waals surface area contributed by atoms with E-state index in [9.17, 15) is 14.7 Å². The van der Waals surface area contributed by atoms with E-state index in [1.165, 1.54) is 25.5 Å². The van der Waals surface area contributed by atoms with E-state index >= 15 is 0 Å². The van der Waals surface area contributed by atoms with Crippen LogP contribution < -0.4 is 15.5 Å². The van der Waals surface area contributed by atoms with Gasteiger partial charge in [0.1, 0.15) is 11.5 Å². The van der Waals surface area contributed by atoms with E-state index in [4.69, 9.17) is 4.74 Å². The first-order chi connectivity index (χ1) is 11.5. The number of ether oxygens (including phenoxy) is 1. The molecule has 2 aromatic rings. The molecule has 0 radical (unpaired) electrons. The van der Waals surface area contributed by atoms with E-state index in [1.807, 2.05) is 0 Å². The van der Waals surface area contributed by atoms with Crippen molar-refractivity contribution in [3.63, 3.8) is 0 Å². The Morgan fingerprint density at radius 3 is 2.54 bits per heavy atom. The number of anilines is 1. The van der Waals surface area contributed by atoms with Crippen molar-refractivity contribution in [1.29, 1.82) is 0 Å². The van der Waals surface area contributed by atoms with Crippen molar-refractivity contribution in [3.05, 3.63) is 52.5 Å². The summed E-state index contributed by atoms with van der Waals surface area (Å²) in [6.45, 7) is 0. The van der Waals surface area contributed by atoms with Crippen LogP contribution in [0.5, 0.6) is 11.5 Å². The SMILES string of the molecule is COc1ccc(O)c(C=NNC(=O)C(=O)Nc2ccc(Br)cc2)c1. The van der Waals surface area contributed by atoms with E-state index in [2.05, 4.69) is 31.8 Å². The lowest BCUT2D eigenvalue weighted by molar-refractivity contribution is -0.136. The zero-order valence-corrected chi connectivity index (χ0v) is 14.2. The maximum absolute atomic E-state index is 11.7. The fraction of sp³-hybridized carbons (Fsp3) is 0.0625. The standard InChI is InChI=1S/C16H14BrN3O4/c1-24-13-6-7-14(21)10(8-13)9-18-20-16(23)15(22)19-12-4-2-11(17)3-5-12/h2-9,21H,1H3,(H,19,22)(H,20,23). The summed E-state index contributed by atoms with van der Waals surface area (Å²) >= 11 is 3.27. The highest BCUT2D eigenvalue weighted by molar-refractivity contribution is 9.10. The number of rotatable bonds is 4. The Labute approximate surface area is 146 Å². The Hall–Kier alpha value is -2.87. The fourth-order valence-corrected chi connectivity index (χ4v) is 1.96. The predicted octanol–water partition coefficient (Wildman–Crippen LogP) is 2.25. The molecule has 0 aliphatic heterocycles. The first-order valence-corrected chi connectivity index (χ1v) is 7.56. The zero-order chi connectivity index (χ0) is 17.5. The second-order valence-electron chi connectivity index (χ2n) is 4.58. The highest BCUT2D eigenvalue weighted by Gasteiger charge is 2.12. The first-order valence-electron chi connectivity index (χ1n) is 6.76.